The summed E-state index contributed by atoms with van der Waals surface area (Å²) < 4.78 is 5.20. The highest BCUT2D eigenvalue weighted by atomic mass is 16.5. The molecule has 0 N–H and O–H groups in total. The van der Waals surface area contributed by atoms with Gasteiger partial charge in [0.15, 0.2) is 0 Å². The molecule has 0 saturated carbocycles. The highest BCUT2D eigenvalue weighted by Crippen LogP contribution is 2.01. The summed E-state index contributed by atoms with van der Waals surface area (Å²) in [6.07, 6.45) is 0. The zero-order valence-electron chi connectivity index (χ0n) is 9.34. The third-order valence-electron chi connectivity index (χ3n) is 1.92. The molecule has 15 heavy (non-hydrogen) atoms. The van der Waals surface area contributed by atoms with Gasteiger partial charge in [-0.1, -0.05) is 36.1 Å². The lowest BCUT2D eigenvalue weighted by Crippen LogP contribution is -1.94. The summed E-state index contributed by atoms with van der Waals surface area (Å²) in [4.78, 5) is 0. The zero-order valence-corrected chi connectivity index (χ0v) is 9.34. The molecule has 0 radical (unpaired) electrons. The fraction of sp³-hybridized carbons (Fsp3) is 0.286. The van der Waals surface area contributed by atoms with E-state index in [-0.39, 0.29) is 0 Å². The number of benzene rings is 1. The van der Waals surface area contributed by atoms with Gasteiger partial charge in [0.05, 0.1) is 6.61 Å². The van der Waals surface area contributed by atoms with Gasteiger partial charge in [-0.3, -0.25) is 0 Å². The molecule has 0 fully saturated rings. The minimum Gasteiger partial charge on any atom is -0.376 e. The minimum absolute atomic E-state index is 0.523. The normalized spacial score (nSPS) is 9.20. The van der Waals surface area contributed by atoms with Gasteiger partial charge in [-0.05, 0) is 26.0 Å². The third kappa shape index (κ3) is 4.49. The Morgan fingerprint density at radius 3 is 2.60 bits per heavy atom. The van der Waals surface area contributed by atoms with Crippen molar-refractivity contribution in [3.05, 3.63) is 47.5 Å². The van der Waals surface area contributed by atoms with Crippen LogP contribution >= 0.6 is 0 Å². The van der Waals surface area contributed by atoms with Gasteiger partial charge in [-0.15, -0.1) is 0 Å². The second-order valence-corrected chi connectivity index (χ2v) is 3.36. The van der Waals surface area contributed by atoms with Gasteiger partial charge in [0.1, 0.15) is 0 Å². The van der Waals surface area contributed by atoms with Crippen molar-refractivity contribution in [2.45, 2.75) is 13.8 Å². The van der Waals surface area contributed by atoms with E-state index in [4.69, 9.17) is 4.74 Å². The van der Waals surface area contributed by atoms with E-state index in [9.17, 15) is 0 Å². The van der Waals surface area contributed by atoms with Crippen LogP contribution in [0.3, 0.4) is 0 Å². The van der Waals surface area contributed by atoms with E-state index in [0.29, 0.717) is 13.2 Å². The van der Waals surface area contributed by atoms with Crippen LogP contribution in [0.4, 0.5) is 0 Å². The molecule has 0 spiro atoms. The fourth-order valence-corrected chi connectivity index (χ4v) is 1.06. The SMILES string of the molecule is C=C(C#Cc1ccc(C)cc1)COCC. The summed E-state index contributed by atoms with van der Waals surface area (Å²) in [5.41, 5.74) is 3.07. The van der Waals surface area contributed by atoms with Crippen molar-refractivity contribution in [1.29, 1.82) is 0 Å². The van der Waals surface area contributed by atoms with Crippen molar-refractivity contribution >= 4 is 0 Å². The second kappa shape index (κ2) is 6.06. The molecular formula is C14H16O. The average Bonchev–Trinajstić information content (AvgIpc) is 2.25. The van der Waals surface area contributed by atoms with Crippen molar-refractivity contribution in [2.24, 2.45) is 0 Å². The lowest BCUT2D eigenvalue weighted by atomic mass is 10.1. The smallest absolute Gasteiger partial charge is 0.0789 e. The molecule has 0 bridgehead atoms. The molecule has 1 rings (SSSR count). The molecule has 0 amide bonds. The number of hydrogen-bond donors (Lipinski definition) is 0. The largest absolute Gasteiger partial charge is 0.376 e. The molecule has 0 aliphatic carbocycles. The quantitative estimate of drug-likeness (QED) is 0.682. The summed E-state index contributed by atoms with van der Waals surface area (Å²) >= 11 is 0. The van der Waals surface area contributed by atoms with Crippen LogP contribution < -0.4 is 0 Å². The number of hydrogen-bond acceptors (Lipinski definition) is 1. The second-order valence-electron chi connectivity index (χ2n) is 3.36. The zero-order chi connectivity index (χ0) is 11.1. The van der Waals surface area contributed by atoms with Crippen molar-refractivity contribution in [3.63, 3.8) is 0 Å². The van der Waals surface area contributed by atoms with Crippen LogP contribution in [0.15, 0.2) is 36.4 Å². The Labute approximate surface area is 91.8 Å². The van der Waals surface area contributed by atoms with Crippen LogP contribution in [0.2, 0.25) is 0 Å². The number of aryl methyl sites for hydroxylation is 1. The molecule has 1 aromatic carbocycles. The first-order valence-electron chi connectivity index (χ1n) is 5.06. The Hall–Kier alpha value is -1.52. The molecule has 0 heterocycles. The van der Waals surface area contributed by atoms with E-state index >= 15 is 0 Å². The molecule has 1 aromatic rings. The Kier molecular flexibility index (Phi) is 4.66. The van der Waals surface area contributed by atoms with Crippen molar-refractivity contribution < 1.29 is 4.74 Å². The topological polar surface area (TPSA) is 9.23 Å². The predicted octanol–water partition coefficient (Wildman–Crippen LogP) is 2.94. The highest BCUT2D eigenvalue weighted by molar-refractivity contribution is 5.40. The van der Waals surface area contributed by atoms with Crippen molar-refractivity contribution in [2.75, 3.05) is 13.2 Å². The lowest BCUT2D eigenvalue weighted by Gasteiger charge is -1.96. The minimum atomic E-state index is 0.523. The lowest BCUT2D eigenvalue weighted by molar-refractivity contribution is 0.174. The van der Waals surface area contributed by atoms with Crippen molar-refractivity contribution in [1.82, 2.24) is 0 Å². The summed E-state index contributed by atoms with van der Waals surface area (Å²) in [6, 6.07) is 8.12. The monoisotopic (exact) mass is 200 g/mol. The third-order valence-corrected chi connectivity index (χ3v) is 1.92. The fourth-order valence-electron chi connectivity index (χ4n) is 1.06. The van der Waals surface area contributed by atoms with Gasteiger partial charge in [0.25, 0.3) is 0 Å². The predicted molar refractivity (Wildman–Crippen MR) is 63.7 cm³/mol. The van der Waals surface area contributed by atoms with Crippen LogP contribution in [-0.4, -0.2) is 13.2 Å². The van der Waals surface area contributed by atoms with Crippen LogP contribution in [0, 0.1) is 18.8 Å². The van der Waals surface area contributed by atoms with Gasteiger partial charge in [0, 0.05) is 17.7 Å². The van der Waals surface area contributed by atoms with Crippen molar-refractivity contribution in [3.8, 4) is 11.8 Å². The maximum atomic E-state index is 5.20. The first kappa shape index (κ1) is 11.6. The van der Waals surface area contributed by atoms with E-state index in [2.05, 4.69) is 37.5 Å². The number of rotatable bonds is 3. The molecule has 0 aliphatic rings. The molecule has 1 nitrogen and oxygen atoms in total. The molecule has 0 unspecified atom stereocenters. The summed E-state index contributed by atoms with van der Waals surface area (Å²) in [6.45, 7) is 9.07. The van der Waals surface area contributed by atoms with Crippen LogP contribution in [0.25, 0.3) is 0 Å². The Bertz CT molecular complexity index is 376. The molecule has 0 saturated heterocycles. The molecule has 0 aliphatic heterocycles. The van der Waals surface area contributed by atoms with Crippen LogP contribution in [0.5, 0.6) is 0 Å². The summed E-state index contributed by atoms with van der Waals surface area (Å²) in [5, 5.41) is 0. The van der Waals surface area contributed by atoms with Gasteiger partial charge >= 0.3 is 0 Å². The Morgan fingerprint density at radius 1 is 1.33 bits per heavy atom. The molecule has 1 heteroatoms. The maximum absolute atomic E-state index is 5.20. The Balaban J connectivity index is 2.57. The highest BCUT2D eigenvalue weighted by Gasteiger charge is 1.88. The average molecular weight is 200 g/mol. The van der Waals surface area contributed by atoms with E-state index in [1.54, 1.807) is 0 Å². The first-order chi connectivity index (χ1) is 7.22. The molecule has 0 aromatic heterocycles. The Morgan fingerprint density at radius 2 is 2.00 bits per heavy atom. The molecule has 0 atom stereocenters. The van der Waals surface area contributed by atoms with E-state index in [1.165, 1.54) is 5.56 Å². The standard InChI is InChI=1S/C14H16O/c1-4-15-11-13(3)7-10-14-8-5-12(2)6-9-14/h5-6,8-9H,3-4,11H2,1-2H3. The van der Waals surface area contributed by atoms with E-state index in [1.807, 2.05) is 19.1 Å². The van der Waals surface area contributed by atoms with Gasteiger partial charge in [-0.25, -0.2) is 0 Å². The summed E-state index contributed by atoms with van der Waals surface area (Å²) in [5.74, 6) is 6.03. The van der Waals surface area contributed by atoms with Crippen LogP contribution in [-0.2, 0) is 4.74 Å². The van der Waals surface area contributed by atoms with E-state index < -0.39 is 0 Å². The van der Waals surface area contributed by atoms with E-state index in [0.717, 1.165) is 11.1 Å². The molecule has 78 valence electrons. The van der Waals surface area contributed by atoms with Gasteiger partial charge in [-0.2, -0.15) is 0 Å². The number of ether oxygens (including phenoxy) is 1. The first-order valence-corrected chi connectivity index (χ1v) is 5.06. The summed E-state index contributed by atoms with van der Waals surface area (Å²) in [7, 11) is 0. The molecular weight excluding hydrogens is 184 g/mol. The van der Waals surface area contributed by atoms with Gasteiger partial charge < -0.3 is 4.74 Å². The maximum Gasteiger partial charge on any atom is 0.0789 e. The van der Waals surface area contributed by atoms with Gasteiger partial charge in [0.2, 0.25) is 0 Å². The van der Waals surface area contributed by atoms with Crippen LogP contribution in [0.1, 0.15) is 18.1 Å².